The van der Waals surface area contributed by atoms with E-state index in [9.17, 15) is 38.4 Å². The minimum atomic E-state index is -0.658. The molecule has 0 radical (unpaired) electrons. The molecule has 17 heteroatoms. The molecule has 4 heterocycles. The second kappa shape index (κ2) is 22.5. The number of piperidine rings is 2. The smallest absolute Gasteiger partial charge is 0.308 e. The lowest BCUT2D eigenvalue weighted by molar-refractivity contribution is -0.157. The van der Waals surface area contributed by atoms with Crippen LogP contribution in [0.5, 0.6) is 0 Å². The molecule has 2 saturated heterocycles. The maximum absolute atomic E-state index is 12.8. The van der Waals surface area contributed by atoms with E-state index in [1.807, 2.05) is 53.7 Å². The monoisotopic (exact) mass is 932 g/mol. The molecule has 2 fully saturated rings. The number of terminal acetylenes is 1. The fraction of sp³-hybridized carbons (Fsp3) is 0.478. The first-order valence-electron chi connectivity index (χ1n) is 20.4. The molecule has 2 atom stereocenters. The molecular formula is C46H53BrN4O12. The standard InChI is InChI=1S/C23H26N2O6.C13H11BrN2O3.C10H16O3/c1-23(2,3)31-20(27)11-13-30-12-5-7-15-6-4-8-16-17(15)14-25(22(16)29)18-9-10-19(26)24-21(18)28;14-9-3-1-2-7-8(9)6-16(13(7)19)10-4-5-11(17)15-12(10)18;1-5-7-12-8-6-9(11)13-10(2,3)4/h4,6,8,18H,9-14H2,1-3H3,(H,24,26,28);1-3,10H,4-6H2,(H,15,17,18);1H,6-8H2,2-4H3. The van der Waals surface area contributed by atoms with Gasteiger partial charge in [0.2, 0.25) is 23.6 Å². The van der Waals surface area contributed by atoms with Gasteiger partial charge in [0.1, 0.15) is 36.5 Å². The predicted octanol–water partition coefficient (Wildman–Crippen LogP) is 4.13. The molecular weight excluding hydrogens is 880 g/mol. The zero-order valence-corrected chi connectivity index (χ0v) is 37.9. The lowest BCUT2D eigenvalue weighted by Crippen LogP contribution is -2.52. The van der Waals surface area contributed by atoms with Crippen LogP contribution in [-0.2, 0) is 60.8 Å². The van der Waals surface area contributed by atoms with Crippen molar-refractivity contribution in [3.63, 3.8) is 0 Å². The molecule has 16 nitrogen and oxygen atoms in total. The van der Waals surface area contributed by atoms with Crippen LogP contribution in [0, 0.1) is 24.2 Å². The van der Waals surface area contributed by atoms with Crippen molar-refractivity contribution in [2.45, 2.75) is 116 Å². The zero-order valence-electron chi connectivity index (χ0n) is 36.4. The van der Waals surface area contributed by atoms with Crippen LogP contribution in [0.3, 0.4) is 0 Å². The molecule has 336 valence electrons. The SMILES string of the molecule is C#CCOCCC(=O)OC(C)(C)C.CC(C)(C)OC(=O)CCOCC#Cc1cccc2c1CN(C1CCC(=O)NC1=O)C2=O.O=C1CCC(N2Cc3c(Br)cccc3C2=O)C(=O)N1. The van der Waals surface area contributed by atoms with E-state index in [1.54, 1.807) is 24.3 Å². The second-order valence-corrected chi connectivity index (χ2v) is 17.5. The lowest BCUT2D eigenvalue weighted by atomic mass is 10.0. The highest BCUT2D eigenvalue weighted by Crippen LogP contribution is 2.32. The third-order valence-corrected chi connectivity index (χ3v) is 10.2. The number of imide groups is 2. The third-order valence-electron chi connectivity index (χ3n) is 9.43. The van der Waals surface area contributed by atoms with Gasteiger partial charge in [0, 0.05) is 47.1 Å². The van der Waals surface area contributed by atoms with Gasteiger partial charge in [-0.15, -0.1) is 6.42 Å². The third kappa shape index (κ3) is 14.9. The first kappa shape index (κ1) is 49.8. The molecule has 2 aromatic rings. The van der Waals surface area contributed by atoms with E-state index in [0.717, 1.165) is 15.6 Å². The molecule has 0 bridgehead atoms. The van der Waals surface area contributed by atoms with Gasteiger partial charge < -0.3 is 28.7 Å². The predicted molar refractivity (Wildman–Crippen MR) is 231 cm³/mol. The minimum absolute atomic E-state index is 0.136. The normalized spacial score (nSPS) is 17.9. The summed E-state index contributed by atoms with van der Waals surface area (Å²) in [4.78, 5) is 97.4. The average Bonchev–Trinajstić information content (AvgIpc) is 3.71. The molecule has 4 aliphatic rings. The van der Waals surface area contributed by atoms with Gasteiger partial charge >= 0.3 is 11.9 Å². The molecule has 6 rings (SSSR count). The topological polar surface area (TPSA) is 204 Å². The van der Waals surface area contributed by atoms with Crippen molar-refractivity contribution in [2.24, 2.45) is 0 Å². The highest BCUT2D eigenvalue weighted by atomic mass is 79.9. The van der Waals surface area contributed by atoms with Gasteiger partial charge in [-0.05, 0) is 89.8 Å². The van der Waals surface area contributed by atoms with Gasteiger partial charge in [-0.1, -0.05) is 45.8 Å². The van der Waals surface area contributed by atoms with Crippen molar-refractivity contribution in [3.8, 4) is 24.2 Å². The molecule has 2 N–H and O–H groups in total. The Labute approximate surface area is 375 Å². The second-order valence-electron chi connectivity index (χ2n) is 16.7. The Bertz CT molecular complexity index is 2210. The Morgan fingerprint density at radius 2 is 1.17 bits per heavy atom. The van der Waals surface area contributed by atoms with E-state index in [-0.39, 0.29) is 93.5 Å². The largest absolute Gasteiger partial charge is 0.460 e. The molecule has 6 amide bonds. The first-order chi connectivity index (χ1) is 29.7. The maximum Gasteiger partial charge on any atom is 0.308 e. The van der Waals surface area contributed by atoms with E-state index >= 15 is 0 Å². The van der Waals surface area contributed by atoms with Gasteiger partial charge in [0.15, 0.2) is 0 Å². The van der Waals surface area contributed by atoms with Gasteiger partial charge in [-0.3, -0.25) is 49.0 Å². The lowest BCUT2D eigenvalue weighted by Gasteiger charge is -2.29. The Morgan fingerprint density at radius 1 is 0.714 bits per heavy atom. The molecule has 0 aromatic heterocycles. The average molecular weight is 934 g/mol. The van der Waals surface area contributed by atoms with Crippen LogP contribution < -0.4 is 10.6 Å². The van der Waals surface area contributed by atoms with Crippen molar-refractivity contribution < 1.29 is 57.3 Å². The Balaban J connectivity index is 0.000000231. The number of carbonyl (C=O) groups is 8. The van der Waals surface area contributed by atoms with Crippen LogP contribution >= 0.6 is 15.9 Å². The molecule has 4 aliphatic heterocycles. The van der Waals surface area contributed by atoms with Crippen LogP contribution in [0.2, 0.25) is 0 Å². The Hall–Kier alpha value is -5.88. The number of halogens is 1. The molecule has 0 spiro atoms. The summed E-state index contributed by atoms with van der Waals surface area (Å²) in [5, 5.41) is 4.58. The summed E-state index contributed by atoms with van der Waals surface area (Å²) in [5.74, 6) is 5.85. The number of amides is 6. The number of hydrogen-bond acceptors (Lipinski definition) is 12. The van der Waals surface area contributed by atoms with Crippen LogP contribution in [0.25, 0.3) is 0 Å². The van der Waals surface area contributed by atoms with Gasteiger partial charge in [-0.25, -0.2) is 0 Å². The van der Waals surface area contributed by atoms with Crippen LogP contribution in [-0.4, -0.2) is 107 Å². The highest BCUT2D eigenvalue weighted by molar-refractivity contribution is 9.10. The van der Waals surface area contributed by atoms with E-state index in [0.29, 0.717) is 42.7 Å². The van der Waals surface area contributed by atoms with Crippen LogP contribution in [0.15, 0.2) is 40.9 Å². The van der Waals surface area contributed by atoms with Crippen molar-refractivity contribution in [1.82, 2.24) is 20.4 Å². The highest BCUT2D eigenvalue weighted by Gasteiger charge is 2.41. The summed E-state index contributed by atoms with van der Waals surface area (Å²) in [7, 11) is 0. The van der Waals surface area contributed by atoms with Crippen molar-refractivity contribution >= 4 is 63.3 Å². The summed E-state index contributed by atoms with van der Waals surface area (Å²) in [6.07, 6.45) is 6.55. The van der Waals surface area contributed by atoms with E-state index in [1.165, 1.54) is 9.80 Å². The number of hydrogen-bond donors (Lipinski definition) is 2. The van der Waals surface area contributed by atoms with Crippen LogP contribution in [0.4, 0.5) is 0 Å². The number of fused-ring (bicyclic) bond motifs is 2. The van der Waals surface area contributed by atoms with E-state index < -0.39 is 29.2 Å². The van der Waals surface area contributed by atoms with Gasteiger partial charge in [-0.2, -0.15) is 0 Å². The summed E-state index contributed by atoms with van der Waals surface area (Å²) in [5.41, 5.74) is 2.54. The molecule has 0 aliphatic carbocycles. The quantitative estimate of drug-likeness (QED) is 0.150. The van der Waals surface area contributed by atoms with Crippen molar-refractivity contribution in [2.75, 3.05) is 26.4 Å². The fourth-order valence-electron chi connectivity index (χ4n) is 6.73. The molecule has 2 unspecified atom stereocenters. The summed E-state index contributed by atoms with van der Waals surface area (Å²) >= 11 is 3.42. The van der Waals surface area contributed by atoms with Crippen molar-refractivity contribution in [1.29, 1.82) is 0 Å². The number of nitrogens with zero attached hydrogens (tertiary/aromatic N) is 2. The number of benzene rings is 2. The van der Waals surface area contributed by atoms with Gasteiger partial charge in [0.05, 0.1) is 26.1 Å². The van der Waals surface area contributed by atoms with Crippen molar-refractivity contribution in [3.05, 3.63) is 68.7 Å². The van der Waals surface area contributed by atoms with Crippen LogP contribution in [0.1, 0.15) is 117 Å². The molecule has 63 heavy (non-hydrogen) atoms. The number of ether oxygens (including phenoxy) is 4. The molecule has 0 saturated carbocycles. The Kier molecular flexibility index (Phi) is 17.7. The minimum Gasteiger partial charge on any atom is -0.460 e. The zero-order chi connectivity index (χ0) is 46.5. The number of carbonyl (C=O) groups excluding carboxylic acids is 8. The first-order valence-corrected chi connectivity index (χ1v) is 21.2. The number of nitrogens with one attached hydrogen (secondary N) is 2. The summed E-state index contributed by atoms with van der Waals surface area (Å²) < 4.78 is 21.4. The molecule has 2 aromatic carbocycles. The summed E-state index contributed by atoms with van der Waals surface area (Å²) in [6.45, 7) is 12.5. The summed E-state index contributed by atoms with van der Waals surface area (Å²) in [6, 6.07) is 9.50. The Morgan fingerprint density at radius 3 is 1.63 bits per heavy atom. The number of esters is 2. The van der Waals surface area contributed by atoms with Gasteiger partial charge in [0.25, 0.3) is 11.8 Å². The van der Waals surface area contributed by atoms with E-state index in [2.05, 4.69) is 44.3 Å². The number of rotatable bonds is 10. The fourth-order valence-corrected chi connectivity index (χ4v) is 7.22. The maximum atomic E-state index is 12.8. The van der Waals surface area contributed by atoms with E-state index in [4.69, 9.17) is 25.4 Å².